The zero-order chi connectivity index (χ0) is 14.9. The first-order valence-corrected chi connectivity index (χ1v) is 7.30. The van der Waals surface area contributed by atoms with Crippen molar-refractivity contribution in [3.63, 3.8) is 0 Å². The van der Waals surface area contributed by atoms with Crippen LogP contribution in [0.5, 0.6) is 0 Å². The number of carbonyl (C=O) groups excluding carboxylic acids is 1. The number of methoxy groups -OCH3 is 1. The summed E-state index contributed by atoms with van der Waals surface area (Å²) in [5.74, 6) is 0.155. The summed E-state index contributed by atoms with van der Waals surface area (Å²) < 4.78 is 7.00. The van der Waals surface area contributed by atoms with E-state index in [1.165, 1.54) is 12.7 Å². The van der Waals surface area contributed by atoms with E-state index in [9.17, 15) is 4.79 Å². The van der Waals surface area contributed by atoms with Crippen molar-refractivity contribution in [1.29, 1.82) is 0 Å². The van der Waals surface area contributed by atoms with Crippen LogP contribution in [-0.2, 0) is 22.5 Å². The maximum Gasteiger partial charge on any atom is 0.328 e. The van der Waals surface area contributed by atoms with Crippen LogP contribution in [0.15, 0.2) is 0 Å². The van der Waals surface area contributed by atoms with Crippen molar-refractivity contribution in [2.24, 2.45) is 5.92 Å². The van der Waals surface area contributed by atoms with Gasteiger partial charge in [-0.05, 0) is 51.6 Å². The Labute approximate surface area is 120 Å². The molecule has 1 saturated carbocycles. The largest absolute Gasteiger partial charge is 0.468 e. The molecule has 1 aromatic heterocycles. The van der Waals surface area contributed by atoms with Gasteiger partial charge in [-0.2, -0.15) is 5.10 Å². The summed E-state index contributed by atoms with van der Waals surface area (Å²) in [6, 6.07) is 0. The molecule has 1 aliphatic carbocycles. The molecule has 5 heteroatoms. The van der Waals surface area contributed by atoms with Gasteiger partial charge in [0.2, 0.25) is 0 Å². The maximum absolute atomic E-state index is 12.3. The molecule has 0 aromatic carbocycles. The van der Waals surface area contributed by atoms with Crippen molar-refractivity contribution < 1.29 is 9.53 Å². The lowest BCUT2D eigenvalue weighted by Gasteiger charge is -2.31. The quantitative estimate of drug-likeness (QED) is 0.804. The molecule has 1 unspecified atom stereocenters. The molecule has 1 atom stereocenters. The average molecular weight is 279 g/mol. The molecule has 1 fully saturated rings. The van der Waals surface area contributed by atoms with E-state index in [1.54, 1.807) is 0 Å². The smallest absolute Gasteiger partial charge is 0.328 e. The van der Waals surface area contributed by atoms with E-state index >= 15 is 0 Å². The van der Waals surface area contributed by atoms with Crippen LogP contribution >= 0.6 is 0 Å². The standard InChI is InChI=1S/C15H25N3O2/c1-6-13-10(2)17-18(11(13)3)9-15(16-4,12-7-8-12)14(19)20-5/h12,16H,6-9H2,1-5H3. The first kappa shape index (κ1) is 15.0. The van der Waals surface area contributed by atoms with Gasteiger partial charge in [0.05, 0.1) is 19.3 Å². The first-order chi connectivity index (χ1) is 9.50. The van der Waals surface area contributed by atoms with Crippen LogP contribution in [0.25, 0.3) is 0 Å². The highest BCUT2D eigenvalue weighted by Gasteiger charge is 2.51. The molecule has 0 spiro atoms. The second-order valence-electron chi connectivity index (χ2n) is 5.65. The Hall–Kier alpha value is -1.36. The fraction of sp³-hybridized carbons (Fsp3) is 0.733. The van der Waals surface area contributed by atoms with Crippen molar-refractivity contribution in [3.8, 4) is 0 Å². The van der Waals surface area contributed by atoms with E-state index in [0.717, 1.165) is 30.7 Å². The van der Waals surface area contributed by atoms with Crippen LogP contribution in [0.3, 0.4) is 0 Å². The summed E-state index contributed by atoms with van der Waals surface area (Å²) in [4.78, 5) is 12.3. The summed E-state index contributed by atoms with van der Waals surface area (Å²) in [5, 5.41) is 7.82. The number of carbonyl (C=O) groups is 1. The molecular formula is C15H25N3O2. The molecule has 1 heterocycles. The Balaban J connectivity index is 2.35. The number of nitrogens with zero attached hydrogens (tertiary/aromatic N) is 2. The summed E-state index contributed by atoms with van der Waals surface area (Å²) in [7, 11) is 3.29. The molecule has 20 heavy (non-hydrogen) atoms. The van der Waals surface area contributed by atoms with Crippen molar-refractivity contribution in [3.05, 3.63) is 17.0 Å². The van der Waals surface area contributed by atoms with Gasteiger partial charge in [-0.1, -0.05) is 6.92 Å². The molecular weight excluding hydrogens is 254 g/mol. The van der Waals surface area contributed by atoms with Gasteiger partial charge in [-0.25, -0.2) is 4.79 Å². The number of nitrogens with one attached hydrogen (secondary N) is 1. The highest BCUT2D eigenvalue weighted by Crippen LogP contribution is 2.41. The summed E-state index contributed by atoms with van der Waals surface area (Å²) in [6.45, 7) is 6.77. The fourth-order valence-corrected chi connectivity index (χ4v) is 3.14. The predicted octanol–water partition coefficient (Wildman–Crippen LogP) is 1.60. The number of likely N-dealkylation sites (N-methyl/N-ethyl adjacent to an activating group) is 1. The minimum absolute atomic E-state index is 0.187. The van der Waals surface area contributed by atoms with Gasteiger partial charge >= 0.3 is 5.97 Å². The van der Waals surface area contributed by atoms with Crippen molar-refractivity contribution in [1.82, 2.24) is 15.1 Å². The van der Waals surface area contributed by atoms with Crippen molar-refractivity contribution in [2.45, 2.75) is 52.1 Å². The Kier molecular flexibility index (Phi) is 4.18. The van der Waals surface area contributed by atoms with Crippen LogP contribution in [0.4, 0.5) is 0 Å². The van der Waals surface area contributed by atoms with Crippen LogP contribution in [-0.4, -0.2) is 35.4 Å². The summed E-state index contributed by atoms with van der Waals surface area (Å²) >= 11 is 0. The molecule has 2 rings (SSSR count). The maximum atomic E-state index is 12.3. The molecule has 0 radical (unpaired) electrons. The van der Waals surface area contributed by atoms with Crippen LogP contribution in [0.2, 0.25) is 0 Å². The van der Waals surface area contributed by atoms with Gasteiger partial charge in [-0.15, -0.1) is 0 Å². The van der Waals surface area contributed by atoms with E-state index < -0.39 is 5.54 Å². The number of hydrogen-bond donors (Lipinski definition) is 1. The topological polar surface area (TPSA) is 56.2 Å². The summed E-state index contributed by atoms with van der Waals surface area (Å²) in [5.41, 5.74) is 2.82. The van der Waals surface area contributed by atoms with E-state index in [0.29, 0.717) is 12.5 Å². The lowest BCUT2D eigenvalue weighted by atomic mass is 9.93. The number of ether oxygens (including phenoxy) is 1. The van der Waals surface area contributed by atoms with E-state index in [-0.39, 0.29) is 5.97 Å². The Morgan fingerprint density at radius 1 is 1.50 bits per heavy atom. The van der Waals surface area contributed by atoms with Crippen molar-refractivity contribution >= 4 is 5.97 Å². The normalized spacial score (nSPS) is 17.9. The van der Waals surface area contributed by atoms with Gasteiger partial charge in [0.15, 0.2) is 0 Å². The molecule has 0 aliphatic heterocycles. The molecule has 5 nitrogen and oxygen atoms in total. The van der Waals surface area contributed by atoms with E-state index in [2.05, 4.69) is 24.3 Å². The minimum Gasteiger partial charge on any atom is -0.468 e. The predicted molar refractivity (Wildman–Crippen MR) is 77.6 cm³/mol. The fourth-order valence-electron chi connectivity index (χ4n) is 3.14. The average Bonchev–Trinajstić information content (AvgIpc) is 3.24. The number of rotatable bonds is 6. The van der Waals surface area contributed by atoms with Gasteiger partial charge in [-0.3, -0.25) is 4.68 Å². The first-order valence-electron chi connectivity index (χ1n) is 7.30. The number of aromatic nitrogens is 2. The van der Waals surface area contributed by atoms with E-state index in [1.807, 2.05) is 18.7 Å². The zero-order valence-electron chi connectivity index (χ0n) is 13.1. The second kappa shape index (κ2) is 5.56. The number of aryl methyl sites for hydroxylation is 1. The third-order valence-electron chi connectivity index (χ3n) is 4.55. The number of esters is 1. The molecule has 1 aliphatic rings. The van der Waals surface area contributed by atoms with Crippen molar-refractivity contribution in [2.75, 3.05) is 14.2 Å². The highest BCUT2D eigenvalue weighted by atomic mass is 16.5. The minimum atomic E-state index is -0.650. The Morgan fingerprint density at radius 3 is 2.55 bits per heavy atom. The van der Waals surface area contributed by atoms with Gasteiger partial charge < -0.3 is 10.1 Å². The molecule has 0 saturated heterocycles. The van der Waals surface area contributed by atoms with Crippen LogP contribution in [0, 0.1) is 19.8 Å². The second-order valence-corrected chi connectivity index (χ2v) is 5.65. The van der Waals surface area contributed by atoms with Crippen LogP contribution < -0.4 is 5.32 Å². The summed E-state index contributed by atoms with van der Waals surface area (Å²) in [6.07, 6.45) is 3.09. The third-order valence-corrected chi connectivity index (χ3v) is 4.55. The van der Waals surface area contributed by atoms with Gasteiger partial charge in [0.25, 0.3) is 0 Å². The molecule has 0 amide bonds. The zero-order valence-corrected chi connectivity index (χ0v) is 13.1. The molecule has 1 aromatic rings. The van der Waals surface area contributed by atoms with Gasteiger partial charge in [0.1, 0.15) is 5.54 Å². The number of hydrogen-bond acceptors (Lipinski definition) is 4. The van der Waals surface area contributed by atoms with Gasteiger partial charge in [0, 0.05) is 5.69 Å². The third kappa shape index (κ3) is 2.35. The lowest BCUT2D eigenvalue weighted by Crippen LogP contribution is -2.56. The Bertz CT molecular complexity index is 505. The molecule has 0 bridgehead atoms. The Morgan fingerprint density at radius 2 is 2.15 bits per heavy atom. The lowest BCUT2D eigenvalue weighted by molar-refractivity contribution is -0.150. The monoisotopic (exact) mass is 279 g/mol. The molecule has 112 valence electrons. The SMILES string of the molecule is CCc1c(C)nn(CC(NC)(C(=O)OC)C2CC2)c1C. The van der Waals surface area contributed by atoms with E-state index in [4.69, 9.17) is 4.74 Å². The highest BCUT2D eigenvalue weighted by molar-refractivity contribution is 5.81. The van der Waals surface area contributed by atoms with Crippen LogP contribution in [0.1, 0.15) is 36.7 Å². The molecule has 1 N–H and O–H groups in total.